The molecule has 0 spiro atoms. The maximum atomic E-state index is 12.1. The van der Waals surface area contributed by atoms with Crippen molar-refractivity contribution < 1.29 is 9.53 Å². The first kappa shape index (κ1) is 14.7. The summed E-state index contributed by atoms with van der Waals surface area (Å²) in [6, 6.07) is 5.57. The van der Waals surface area contributed by atoms with Gasteiger partial charge in [0.1, 0.15) is 0 Å². The monoisotopic (exact) mass is 363 g/mol. The summed E-state index contributed by atoms with van der Waals surface area (Å²) < 4.78 is 6.67. The van der Waals surface area contributed by atoms with E-state index in [1.54, 1.807) is 19.1 Å². The van der Waals surface area contributed by atoms with Crippen LogP contribution >= 0.6 is 31.9 Å². The van der Waals surface area contributed by atoms with Crippen LogP contribution in [0.25, 0.3) is 0 Å². The highest BCUT2D eigenvalue weighted by Gasteiger charge is 2.14. The van der Waals surface area contributed by atoms with Crippen molar-refractivity contribution in [1.82, 2.24) is 4.90 Å². The fourth-order valence-electron chi connectivity index (χ4n) is 1.41. The van der Waals surface area contributed by atoms with E-state index in [1.165, 1.54) is 0 Å². The number of ether oxygens (including phenoxy) is 1. The number of carbonyl (C=O) groups excluding carboxylic acids is 1. The number of methoxy groups -OCH3 is 1. The molecule has 5 heteroatoms. The van der Waals surface area contributed by atoms with Crippen LogP contribution in [0.4, 0.5) is 0 Å². The smallest absolute Gasteiger partial charge is 0.254 e. The predicted octanol–water partition coefficient (Wildman–Crippen LogP) is 3.32. The molecule has 0 radical (unpaired) electrons. The molecular formula is C12H15Br2NO2. The zero-order chi connectivity index (χ0) is 12.8. The molecule has 0 aromatic heterocycles. The van der Waals surface area contributed by atoms with Crippen molar-refractivity contribution in [3.8, 4) is 0 Å². The molecule has 0 saturated carbocycles. The van der Waals surface area contributed by atoms with Crippen LogP contribution in [0.1, 0.15) is 16.8 Å². The second-order valence-electron chi connectivity index (χ2n) is 3.70. The SMILES string of the molecule is COCCCN(C)C(=O)c1cc(Br)ccc1Br. The van der Waals surface area contributed by atoms with E-state index < -0.39 is 0 Å². The van der Waals surface area contributed by atoms with Crippen molar-refractivity contribution in [2.24, 2.45) is 0 Å². The second kappa shape index (κ2) is 7.13. The maximum absolute atomic E-state index is 12.1. The fraction of sp³-hybridized carbons (Fsp3) is 0.417. The molecule has 0 unspecified atom stereocenters. The minimum atomic E-state index is 0.00859. The van der Waals surface area contributed by atoms with Gasteiger partial charge in [-0.25, -0.2) is 0 Å². The van der Waals surface area contributed by atoms with Crippen molar-refractivity contribution in [2.75, 3.05) is 27.3 Å². The molecule has 0 bridgehead atoms. The third-order valence-electron chi connectivity index (χ3n) is 2.35. The molecule has 0 N–H and O–H groups in total. The molecule has 0 heterocycles. The van der Waals surface area contributed by atoms with E-state index in [2.05, 4.69) is 31.9 Å². The summed E-state index contributed by atoms with van der Waals surface area (Å²) in [5.41, 5.74) is 0.666. The van der Waals surface area contributed by atoms with Gasteiger partial charge in [0.2, 0.25) is 0 Å². The molecule has 0 atom stereocenters. The van der Waals surface area contributed by atoms with Crippen LogP contribution in [0.3, 0.4) is 0 Å². The molecule has 0 aliphatic carbocycles. The van der Waals surface area contributed by atoms with Gasteiger partial charge >= 0.3 is 0 Å². The summed E-state index contributed by atoms with van der Waals surface area (Å²) in [6.07, 6.45) is 0.838. The molecule has 3 nitrogen and oxygen atoms in total. The average Bonchev–Trinajstić information content (AvgIpc) is 2.31. The molecule has 1 aromatic carbocycles. The van der Waals surface area contributed by atoms with E-state index in [4.69, 9.17) is 4.74 Å². The van der Waals surface area contributed by atoms with E-state index in [9.17, 15) is 4.79 Å². The van der Waals surface area contributed by atoms with Crippen molar-refractivity contribution >= 4 is 37.8 Å². The summed E-state index contributed by atoms with van der Waals surface area (Å²) in [5.74, 6) is 0.00859. The van der Waals surface area contributed by atoms with Crippen LogP contribution in [0.5, 0.6) is 0 Å². The number of halogens is 2. The molecular weight excluding hydrogens is 350 g/mol. The molecule has 1 rings (SSSR count). The predicted molar refractivity (Wildman–Crippen MR) is 75.3 cm³/mol. The lowest BCUT2D eigenvalue weighted by molar-refractivity contribution is 0.0778. The van der Waals surface area contributed by atoms with Gasteiger partial charge in [0.15, 0.2) is 0 Å². The highest BCUT2D eigenvalue weighted by atomic mass is 79.9. The van der Waals surface area contributed by atoms with E-state index in [1.807, 2.05) is 18.2 Å². The van der Waals surface area contributed by atoms with Crippen LogP contribution in [-0.2, 0) is 4.74 Å². The van der Waals surface area contributed by atoms with Crippen LogP contribution in [0.15, 0.2) is 27.1 Å². The van der Waals surface area contributed by atoms with Crippen molar-refractivity contribution in [3.63, 3.8) is 0 Å². The van der Waals surface area contributed by atoms with Crippen LogP contribution in [0.2, 0.25) is 0 Å². The zero-order valence-corrected chi connectivity index (χ0v) is 13.0. The molecule has 0 fully saturated rings. The van der Waals surface area contributed by atoms with Gasteiger partial charge in [-0.1, -0.05) is 15.9 Å². The Kier molecular flexibility index (Phi) is 6.16. The largest absolute Gasteiger partial charge is 0.385 e. The van der Waals surface area contributed by atoms with Gasteiger partial charge in [0.25, 0.3) is 5.91 Å². The molecule has 17 heavy (non-hydrogen) atoms. The minimum Gasteiger partial charge on any atom is -0.385 e. The van der Waals surface area contributed by atoms with Gasteiger partial charge in [-0.05, 0) is 40.5 Å². The zero-order valence-electron chi connectivity index (χ0n) is 9.87. The van der Waals surface area contributed by atoms with Gasteiger partial charge in [-0.3, -0.25) is 4.79 Å². The van der Waals surface area contributed by atoms with Crippen molar-refractivity contribution in [1.29, 1.82) is 0 Å². The normalized spacial score (nSPS) is 10.4. The number of nitrogens with zero attached hydrogens (tertiary/aromatic N) is 1. The Balaban J connectivity index is 2.71. The highest BCUT2D eigenvalue weighted by Crippen LogP contribution is 2.22. The first-order valence-corrected chi connectivity index (χ1v) is 6.84. The minimum absolute atomic E-state index is 0.00859. The summed E-state index contributed by atoms with van der Waals surface area (Å²) in [5, 5.41) is 0. The summed E-state index contributed by atoms with van der Waals surface area (Å²) in [4.78, 5) is 13.8. The van der Waals surface area contributed by atoms with Gasteiger partial charge in [-0.15, -0.1) is 0 Å². The van der Waals surface area contributed by atoms with Crippen LogP contribution in [-0.4, -0.2) is 38.1 Å². The summed E-state index contributed by atoms with van der Waals surface area (Å²) in [7, 11) is 3.46. The van der Waals surface area contributed by atoms with Gasteiger partial charge < -0.3 is 9.64 Å². The summed E-state index contributed by atoms with van der Waals surface area (Å²) in [6.45, 7) is 1.35. The third kappa shape index (κ3) is 4.41. The van der Waals surface area contributed by atoms with E-state index >= 15 is 0 Å². The number of carbonyl (C=O) groups is 1. The molecule has 1 amide bonds. The lowest BCUT2D eigenvalue weighted by Gasteiger charge is -2.17. The Hall–Kier alpha value is -0.390. The maximum Gasteiger partial charge on any atom is 0.254 e. The molecule has 94 valence electrons. The van der Waals surface area contributed by atoms with Crippen LogP contribution < -0.4 is 0 Å². The second-order valence-corrected chi connectivity index (χ2v) is 5.47. The third-order valence-corrected chi connectivity index (χ3v) is 3.53. The molecule has 0 aliphatic rings. The Morgan fingerprint density at radius 1 is 1.41 bits per heavy atom. The molecule has 1 aromatic rings. The lowest BCUT2D eigenvalue weighted by Crippen LogP contribution is -2.28. The Bertz CT molecular complexity index is 396. The van der Waals surface area contributed by atoms with E-state index in [-0.39, 0.29) is 5.91 Å². The Morgan fingerprint density at radius 2 is 2.12 bits per heavy atom. The number of hydrogen-bond donors (Lipinski definition) is 0. The quantitative estimate of drug-likeness (QED) is 0.750. The number of hydrogen-bond acceptors (Lipinski definition) is 2. The first-order valence-electron chi connectivity index (χ1n) is 5.25. The fourth-order valence-corrected chi connectivity index (χ4v) is 2.19. The lowest BCUT2D eigenvalue weighted by atomic mass is 10.2. The molecule has 0 aliphatic heterocycles. The van der Waals surface area contributed by atoms with Gasteiger partial charge in [-0.2, -0.15) is 0 Å². The molecule has 0 saturated heterocycles. The average molecular weight is 365 g/mol. The standard InChI is InChI=1S/C12H15Br2NO2/c1-15(6-3-7-17-2)12(16)10-8-9(13)4-5-11(10)14/h4-5,8H,3,6-7H2,1-2H3. The first-order chi connectivity index (χ1) is 8.06. The summed E-state index contributed by atoms with van der Waals surface area (Å²) >= 11 is 6.75. The van der Waals surface area contributed by atoms with Crippen LogP contribution in [0, 0.1) is 0 Å². The number of benzene rings is 1. The highest BCUT2D eigenvalue weighted by molar-refractivity contribution is 9.11. The van der Waals surface area contributed by atoms with E-state index in [0.717, 1.165) is 15.4 Å². The van der Waals surface area contributed by atoms with Gasteiger partial charge in [0, 0.05) is 36.3 Å². The van der Waals surface area contributed by atoms with Gasteiger partial charge in [0.05, 0.1) is 5.56 Å². The Morgan fingerprint density at radius 3 is 2.76 bits per heavy atom. The van der Waals surface area contributed by atoms with E-state index in [0.29, 0.717) is 18.7 Å². The van der Waals surface area contributed by atoms with Crippen molar-refractivity contribution in [3.05, 3.63) is 32.7 Å². The van der Waals surface area contributed by atoms with Crippen molar-refractivity contribution in [2.45, 2.75) is 6.42 Å². The number of rotatable bonds is 5. The number of amides is 1. The Labute approximate surface area is 118 Å². The topological polar surface area (TPSA) is 29.5 Å².